The van der Waals surface area contributed by atoms with Crippen molar-refractivity contribution in [1.82, 2.24) is 24.8 Å². The Hall–Kier alpha value is -2.30. The molecular weight excluding hydrogens is 392 g/mol. The number of aromatic amines is 1. The predicted molar refractivity (Wildman–Crippen MR) is 112 cm³/mol. The molecule has 3 aromatic heterocycles. The number of anilines is 1. The predicted octanol–water partition coefficient (Wildman–Crippen LogP) is 2.15. The molecule has 0 spiro atoms. The van der Waals surface area contributed by atoms with Crippen molar-refractivity contribution in [3.05, 3.63) is 29.6 Å². The maximum atomic E-state index is 11.6. The van der Waals surface area contributed by atoms with E-state index in [2.05, 4.69) is 27.0 Å². The fraction of sp³-hybridized carbons (Fsp3) is 0.526. The molecule has 1 aliphatic rings. The van der Waals surface area contributed by atoms with Gasteiger partial charge in [-0.3, -0.25) is 5.10 Å². The van der Waals surface area contributed by atoms with Gasteiger partial charge in [0.25, 0.3) is 0 Å². The van der Waals surface area contributed by atoms with Gasteiger partial charge in [0, 0.05) is 17.7 Å². The number of nitrogens with zero attached hydrogens (tertiary/aromatic N) is 5. The lowest BCUT2D eigenvalue weighted by atomic mass is 9.86. The molecule has 2 atom stereocenters. The minimum absolute atomic E-state index is 0.118. The largest absolute Gasteiger partial charge is 0.377 e. The van der Waals surface area contributed by atoms with E-state index in [9.17, 15) is 8.76 Å². The lowest BCUT2D eigenvalue weighted by Crippen LogP contribution is -2.44. The second-order valence-electron chi connectivity index (χ2n) is 8.20. The fourth-order valence-electron chi connectivity index (χ4n) is 3.81. The molecule has 0 saturated carbocycles. The number of nitrogens with one attached hydrogen (secondary N) is 1. The van der Waals surface area contributed by atoms with Gasteiger partial charge >= 0.3 is 0 Å². The SMILES string of the molecule is Cc1cc(-c2ncc3c(C(C)(C)CS(=O)O)cc(N4CCOC[C@H]4C)nn23)n[nH]1. The van der Waals surface area contributed by atoms with E-state index in [0.717, 1.165) is 29.1 Å². The van der Waals surface area contributed by atoms with Gasteiger partial charge in [-0.2, -0.15) is 5.10 Å². The van der Waals surface area contributed by atoms with E-state index in [1.54, 1.807) is 10.7 Å². The smallest absolute Gasteiger partial charge is 0.182 e. The van der Waals surface area contributed by atoms with E-state index in [0.29, 0.717) is 24.7 Å². The fourth-order valence-corrected chi connectivity index (χ4v) is 4.58. The molecule has 0 radical (unpaired) electrons. The van der Waals surface area contributed by atoms with Crippen molar-refractivity contribution < 1.29 is 13.5 Å². The first-order valence-electron chi connectivity index (χ1n) is 9.60. The van der Waals surface area contributed by atoms with E-state index in [1.165, 1.54) is 0 Å². The second-order valence-corrected chi connectivity index (χ2v) is 9.13. The molecule has 9 nitrogen and oxygen atoms in total. The van der Waals surface area contributed by atoms with Crippen LogP contribution >= 0.6 is 0 Å². The highest BCUT2D eigenvalue weighted by Gasteiger charge is 2.30. The first-order valence-corrected chi connectivity index (χ1v) is 10.9. The van der Waals surface area contributed by atoms with Crippen LogP contribution in [0.25, 0.3) is 17.0 Å². The van der Waals surface area contributed by atoms with Crippen molar-refractivity contribution in [2.75, 3.05) is 30.4 Å². The van der Waals surface area contributed by atoms with Crippen molar-refractivity contribution in [3.63, 3.8) is 0 Å². The summed E-state index contributed by atoms with van der Waals surface area (Å²) in [4.78, 5) is 6.78. The zero-order valence-corrected chi connectivity index (χ0v) is 17.9. The average Bonchev–Trinajstić information content (AvgIpc) is 3.26. The van der Waals surface area contributed by atoms with Crippen LogP contribution in [0.2, 0.25) is 0 Å². The van der Waals surface area contributed by atoms with Crippen LogP contribution in [-0.4, -0.2) is 65.1 Å². The Balaban J connectivity index is 1.93. The summed E-state index contributed by atoms with van der Waals surface area (Å²) in [6.45, 7) is 9.98. The molecule has 29 heavy (non-hydrogen) atoms. The summed E-state index contributed by atoms with van der Waals surface area (Å²) in [7, 11) is 0. The lowest BCUT2D eigenvalue weighted by Gasteiger charge is -2.35. The number of imidazole rings is 1. The van der Waals surface area contributed by atoms with Crippen LogP contribution < -0.4 is 4.90 Å². The Labute approximate surface area is 171 Å². The Kier molecular flexibility index (Phi) is 5.18. The Bertz CT molecular complexity index is 1060. The number of rotatable bonds is 5. The second kappa shape index (κ2) is 7.51. The number of aromatic nitrogens is 5. The molecule has 1 aliphatic heterocycles. The van der Waals surface area contributed by atoms with Gasteiger partial charge in [-0.1, -0.05) is 13.8 Å². The third-order valence-electron chi connectivity index (χ3n) is 5.30. The lowest BCUT2D eigenvalue weighted by molar-refractivity contribution is 0.0984. The number of hydrogen-bond acceptors (Lipinski definition) is 6. The molecule has 0 aliphatic carbocycles. The number of aryl methyl sites for hydroxylation is 1. The number of ether oxygens (including phenoxy) is 1. The molecule has 0 bridgehead atoms. The molecule has 1 saturated heterocycles. The highest BCUT2D eigenvalue weighted by molar-refractivity contribution is 7.79. The first kappa shape index (κ1) is 20.0. The monoisotopic (exact) mass is 418 g/mol. The quantitative estimate of drug-likeness (QED) is 0.611. The van der Waals surface area contributed by atoms with Crippen LogP contribution in [0.3, 0.4) is 0 Å². The van der Waals surface area contributed by atoms with E-state index >= 15 is 0 Å². The van der Waals surface area contributed by atoms with E-state index < -0.39 is 16.5 Å². The maximum Gasteiger partial charge on any atom is 0.182 e. The average molecular weight is 419 g/mol. The van der Waals surface area contributed by atoms with E-state index in [-0.39, 0.29) is 11.8 Å². The van der Waals surface area contributed by atoms with Gasteiger partial charge in [0.1, 0.15) is 11.5 Å². The zero-order valence-electron chi connectivity index (χ0n) is 17.0. The molecule has 1 fully saturated rings. The molecule has 0 amide bonds. The summed E-state index contributed by atoms with van der Waals surface area (Å²) in [6, 6.07) is 4.12. The van der Waals surface area contributed by atoms with Crippen molar-refractivity contribution >= 4 is 22.4 Å². The van der Waals surface area contributed by atoms with Gasteiger partial charge in [-0.25, -0.2) is 13.7 Å². The molecule has 156 valence electrons. The topological polar surface area (TPSA) is 109 Å². The Morgan fingerprint density at radius 3 is 2.86 bits per heavy atom. The molecular formula is C19H26N6O3S. The third kappa shape index (κ3) is 3.79. The van der Waals surface area contributed by atoms with Crippen LogP contribution in [0.1, 0.15) is 32.0 Å². The minimum Gasteiger partial charge on any atom is -0.377 e. The van der Waals surface area contributed by atoms with Crippen LogP contribution in [0, 0.1) is 6.92 Å². The first-order chi connectivity index (χ1) is 13.8. The van der Waals surface area contributed by atoms with Crippen molar-refractivity contribution in [2.24, 2.45) is 0 Å². The number of fused-ring (bicyclic) bond motifs is 1. The van der Waals surface area contributed by atoms with Crippen molar-refractivity contribution in [3.8, 4) is 11.5 Å². The molecule has 10 heteroatoms. The molecule has 4 rings (SSSR count). The van der Waals surface area contributed by atoms with Gasteiger partial charge < -0.3 is 14.2 Å². The maximum absolute atomic E-state index is 11.6. The van der Waals surface area contributed by atoms with Gasteiger partial charge in [0.2, 0.25) is 0 Å². The molecule has 0 aromatic carbocycles. The van der Waals surface area contributed by atoms with Crippen molar-refractivity contribution in [1.29, 1.82) is 0 Å². The molecule has 3 aromatic rings. The summed E-state index contributed by atoms with van der Waals surface area (Å²) < 4.78 is 28.6. The Morgan fingerprint density at radius 1 is 1.41 bits per heavy atom. The van der Waals surface area contributed by atoms with Gasteiger partial charge in [-0.15, -0.1) is 5.10 Å². The Morgan fingerprint density at radius 2 is 2.21 bits per heavy atom. The normalized spacial score (nSPS) is 19.1. The summed E-state index contributed by atoms with van der Waals surface area (Å²) in [5.74, 6) is 1.55. The highest BCUT2D eigenvalue weighted by Crippen LogP contribution is 2.33. The molecule has 1 unspecified atom stereocenters. The van der Waals surface area contributed by atoms with Crippen molar-refractivity contribution in [2.45, 2.75) is 39.2 Å². The van der Waals surface area contributed by atoms with Gasteiger partial charge in [-0.05, 0) is 31.5 Å². The summed E-state index contributed by atoms with van der Waals surface area (Å²) >= 11 is -1.92. The van der Waals surface area contributed by atoms with Crippen LogP contribution in [0.4, 0.5) is 5.82 Å². The standard InChI is InChI=1S/C19H26N6O3S/c1-12-7-15(22-21-12)18-20-9-16-14(19(3,4)11-29(26)27)8-17(23-25(16)18)24-5-6-28-10-13(24)2/h7-9,13H,5-6,10-11H2,1-4H3,(H,21,22)(H,26,27)/t13-/m1/s1. The number of hydrogen-bond donors (Lipinski definition) is 2. The van der Waals surface area contributed by atoms with Gasteiger partial charge in [0.15, 0.2) is 16.9 Å². The van der Waals surface area contributed by atoms with Crippen LogP contribution in [-0.2, 0) is 21.2 Å². The van der Waals surface area contributed by atoms with E-state index in [1.807, 2.05) is 32.9 Å². The number of morpholine rings is 1. The number of H-pyrrole nitrogens is 1. The minimum atomic E-state index is -1.92. The molecule has 2 N–H and O–H groups in total. The van der Waals surface area contributed by atoms with Crippen LogP contribution in [0.15, 0.2) is 18.3 Å². The summed E-state index contributed by atoms with van der Waals surface area (Å²) in [5.41, 5.74) is 2.82. The summed E-state index contributed by atoms with van der Waals surface area (Å²) in [5, 5.41) is 12.2. The van der Waals surface area contributed by atoms with E-state index in [4.69, 9.17) is 9.84 Å². The zero-order chi connectivity index (χ0) is 20.8. The van der Waals surface area contributed by atoms with Gasteiger partial charge in [0.05, 0.1) is 36.7 Å². The summed E-state index contributed by atoms with van der Waals surface area (Å²) in [6.07, 6.45) is 1.76. The molecule has 4 heterocycles. The third-order valence-corrected chi connectivity index (χ3v) is 6.27. The highest BCUT2D eigenvalue weighted by atomic mass is 32.2. The van der Waals surface area contributed by atoms with Crippen LogP contribution in [0.5, 0.6) is 0 Å².